The topological polar surface area (TPSA) is 110 Å². The number of carbonyl (C=O) groups excluding carboxylic acids is 3. The number of nitrogens with zero attached hydrogens (tertiary/aromatic N) is 1. The van der Waals surface area contributed by atoms with Crippen LogP contribution in [0.5, 0.6) is 5.75 Å². The van der Waals surface area contributed by atoms with Crippen LogP contribution in [0.15, 0.2) is 70.4 Å². The third kappa shape index (κ3) is 5.69. The summed E-state index contributed by atoms with van der Waals surface area (Å²) in [5.74, 6) is -2.13. The molecule has 0 saturated carbocycles. The molecule has 10 heteroatoms. The van der Waals surface area contributed by atoms with Gasteiger partial charge < -0.3 is 14.5 Å². The van der Waals surface area contributed by atoms with E-state index in [1.165, 1.54) is 36.7 Å². The van der Waals surface area contributed by atoms with Crippen LogP contribution in [0.1, 0.15) is 16.1 Å². The molecule has 0 spiro atoms. The molecule has 0 aliphatic rings. The van der Waals surface area contributed by atoms with Crippen molar-refractivity contribution in [3.63, 3.8) is 0 Å². The van der Waals surface area contributed by atoms with E-state index < -0.39 is 17.8 Å². The van der Waals surface area contributed by atoms with Crippen molar-refractivity contribution >= 4 is 52.9 Å². The minimum atomic E-state index is -0.971. The van der Waals surface area contributed by atoms with Crippen LogP contribution in [0.4, 0.5) is 5.69 Å². The largest absolute Gasteiger partial charge is 0.457 e. The number of anilines is 1. The number of nitrogens with one attached hydrogen (secondary N) is 2. The molecule has 0 atom stereocenters. The lowest BCUT2D eigenvalue weighted by atomic mass is 10.2. The minimum absolute atomic E-state index is 0.0856. The number of hydrogen-bond acceptors (Lipinski definition) is 6. The smallest absolute Gasteiger partial charge is 0.379 e. The molecular formula is C20H13Cl2N3O5. The second-order valence-corrected chi connectivity index (χ2v) is 6.53. The monoisotopic (exact) mass is 445 g/mol. The fraction of sp³-hybridized carbons (Fsp3) is 0. The van der Waals surface area contributed by atoms with Gasteiger partial charge in [-0.05, 0) is 60.2 Å². The number of benzene rings is 2. The van der Waals surface area contributed by atoms with Crippen LogP contribution >= 0.6 is 23.2 Å². The molecule has 2 aromatic carbocycles. The van der Waals surface area contributed by atoms with E-state index in [0.717, 1.165) is 0 Å². The van der Waals surface area contributed by atoms with Gasteiger partial charge in [0.2, 0.25) is 5.76 Å². The molecular weight excluding hydrogens is 433 g/mol. The van der Waals surface area contributed by atoms with Crippen LogP contribution in [-0.2, 0) is 9.59 Å². The molecule has 8 nitrogen and oxygen atoms in total. The van der Waals surface area contributed by atoms with Gasteiger partial charge in [0.25, 0.3) is 0 Å². The second-order valence-electron chi connectivity index (χ2n) is 5.72. The standard InChI is InChI=1S/C20H13Cl2N3O5/c21-15-8-5-13(10-16(15)22)24-18(26)19(27)25-23-11-12-3-6-14(7-4-12)30-20(28)17-2-1-9-29-17/h1-11H,(H,24,26)(H,25,27). The Balaban J connectivity index is 1.50. The molecule has 152 valence electrons. The zero-order valence-electron chi connectivity index (χ0n) is 15.1. The van der Waals surface area contributed by atoms with E-state index in [9.17, 15) is 14.4 Å². The lowest BCUT2D eigenvalue weighted by Gasteiger charge is -2.05. The number of hydrazone groups is 1. The predicted octanol–water partition coefficient (Wildman–Crippen LogP) is 3.89. The molecule has 2 N–H and O–H groups in total. The number of ether oxygens (including phenoxy) is 1. The zero-order chi connectivity index (χ0) is 21.5. The average Bonchev–Trinajstić information content (AvgIpc) is 3.27. The molecule has 0 unspecified atom stereocenters. The number of furan rings is 1. The first-order valence-electron chi connectivity index (χ1n) is 8.37. The third-order valence-corrected chi connectivity index (χ3v) is 4.32. The molecule has 3 rings (SSSR count). The third-order valence-electron chi connectivity index (χ3n) is 3.58. The van der Waals surface area contributed by atoms with Gasteiger partial charge >= 0.3 is 17.8 Å². The molecule has 0 aliphatic heterocycles. The fourth-order valence-electron chi connectivity index (χ4n) is 2.15. The van der Waals surface area contributed by atoms with E-state index in [1.807, 2.05) is 0 Å². The van der Waals surface area contributed by atoms with Crippen molar-refractivity contribution in [1.29, 1.82) is 0 Å². The van der Waals surface area contributed by atoms with Gasteiger partial charge in [-0.2, -0.15) is 5.10 Å². The second kappa shape index (κ2) is 9.73. The Bertz CT molecular complexity index is 1100. The Labute approximate surface area is 180 Å². The zero-order valence-corrected chi connectivity index (χ0v) is 16.6. The number of carbonyl (C=O) groups is 3. The Hall–Kier alpha value is -3.62. The first-order valence-corrected chi connectivity index (χ1v) is 9.13. The molecule has 2 amide bonds. The van der Waals surface area contributed by atoms with E-state index in [-0.39, 0.29) is 10.8 Å². The summed E-state index contributed by atoms with van der Waals surface area (Å²) in [5.41, 5.74) is 3.01. The van der Waals surface area contributed by atoms with E-state index in [2.05, 4.69) is 15.8 Å². The summed E-state index contributed by atoms with van der Waals surface area (Å²) in [6.45, 7) is 0. The van der Waals surface area contributed by atoms with Crippen LogP contribution in [-0.4, -0.2) is 24.0 Å². The van der Waals surface area contributed by atoms with Gasteiger partial charge in [0.15, 0.2) is 0 Å². The maximum absolute atomic E-state index is 11.9. The Morgan fingerprint density at radius 2 is 1.73 bits per heavy atom. The molecule has 30 heavy (non-hydrogen) atoms. The van der Waals surface area contributed by atoms with Gasteiger partial charge in [0.05, 0.1) is 22.5 Å². The summed E-state index contributed by atoms with van der Waals surface area (Å²) in [7, 11) is 0. The molecule has 0 aliphatic carbocycles. The van der Waals surface area contributed by atoms with E-state index in [1.54, 1.807) is 30.3 Å². The van der Waals surface area contributed by atoms with Gasteiger partial charge in [-0.15, -0.1) is 0 Å². The molecule has 0 bridgehead atoms. The summed E-state index contributed by atoms with van der Waals surface area (Å²) in [5, 5.41) is 6.65. The highest BCUT2D eigenvalue weighted by atomic mass is 35.5. The molecule has 1 aromatic heterocycles. The van der Waals surface area contributed by atoms with Crippen LogP contribution in [0.2, 0.25) is 10.0 Å². The fourth-order valence-corrected chi connectivity index (χ4v) is 2.45. The van der Waals surface area contributed by atoms with Crippen molar-refractivity contribution in [2.24, 2.45) is 5.10 Å². The molecule has 3 aromatic rings. The highest BCUT2D eigenvalue weighted by molar-refractivity contribution is 6.42. The summed E-state index contributed by atoms with van der Waals surface area (Å²) < 4.78 is 10.1. The molecule has 0 radical (unpaired) electrons. The van der Waals surface area contributed by atoms with Gasteiger partial charge in [0, 0.05) is 5.69 Å². The van der Waals surface area contributed by atoms with Crippen LogP contribution in [0, 0.1) is 0 Å². The Morgan fingerprint density at radius 1 is 0.967 bits per heavy atom. The first kappa shape index (κ1) is 21.1. The van der Waals surface area contributed by atoms with Crippen molar-refractivity contribution in [2.45, 2.75) is 0 Å². The Kier molecular flexibility index (Phi) is 6.84. The number of amides is 2. The Morgan fingerprint density at radius 3 is 2.40 bits per heavy atom. The van der Waals surface area contributed by atoms with Crippen molar-refractivity contribution in [3.8, 4) is 5.75 Å². The van der Waals surface area contributed by atoms with Crippen molar-refractivity contribution < 1.29 is 23.5 Å². The number of halogens is 2. The van der Waals surface area contributed by atoms with Gasteiger partial charge in [-0.25, -0.2) is 10.2 Å². The summed E-state index contributed by atoms with van der Waals surface area (Å²) in [4.78, 5) is 35.5. The lowest BCUT2D eigenvalue weighted by Crippen LogP contribution is -2.32. The summed E-state index contributed by atoms with van der Waals surface area (Å²) in [6, 6.07) is 13.8. The highest BCUT2D eigenvalue weighted by Crippen LogP contribution is 2.24. The summed E-state index contributed by atoms with van der Waals surface area (Å²) in [6.07, 6.45) is 2.69. The minimum Gasteiger partial charge on any atom is -0.457 e. The number of esters is 1. The maximum Gasteiger partial charge on any atom is 0.379 e. The predicted molar refractivity (Wildman–Crippen MR) is 111 cm³/mol. The van der Waals surface area contributed by atoms with Gasteiger partial charge in [-0.3, -0.25) is 9.59 Å². The number of rotatable bonds is 5. The SMILES string of the molecule is O=C(NN=Cc1ccc(OC(=O)c2ccco2)cc1)C(=O)Nc1ccc(Cl)c(Cl)c1. The van der Waals surface area contributed by atoms with E-state index >= 15 is 0 Å². The molecule has 1 heterocycles. The van der Waals surface area contributed by atoms with Gasteiger partial charge in [0.1, 0.15) is 5.75 Å². The highest BCUT2D eigenvalue weighted by Gasteiger charge is 2.14. The molecule has 0 saturated heterocycles. The average molecular weight is 446 g/mol. The first-order chi connectivity index (χ1) is 14.4. The maximum atomic E-state index is 11.9. The van der Waals surface area contributed by atoms with Crippen molar-refractivity contribution in [2.75, 3.05) is 5.32 Å². The van der Waals surface area contributed by atoms with Crippen molar-refractivity contribution in [3.05, 3.63) is 82.2 Å². The lowest BCUT2D eigenvalue weighted by molar-refractivity contribution is -0.136. The van der Waals surface area contributed by atoms with Gasteiger partial charge in [-0.1, -0.05) is 23.2 Å². The van der Waals surface area contributed by atoms with Crippen molar-refractivity contribution in [1.82, 2.24) is 5.43 Å². The van der Waals surface area contributed by atoms with E-state index in [0.29, 0.717) is 22.0 Å². The van der Waals surface area contributed by atoms with Crippen LogP contribution < -0.4 is 15.5 Å². The van der Waals surface area contributed by atoms with Crippen LogP contribution in [0.3, 0.4) is 0 Å². The number of hydrogen-bond donors (Lipinski definition) is 2. The van der Waals surface area contributed by atoms with Crippen LogP contribution in [0.25, 0.3) is 0 Å². The molecule has 0 fully saturated rings. The van der Waals surface area contributed by atoms with E-state index in [4.69, 9.17) is 32.4 Å². The normalized spacial score (nSPS) is 10.6. The quantitative estimate of drug-likeness (QED) is 0.203. The summed E-state index contributed by atoms with van der Waals surface area (Å²) >= 11 is 11.6.